The number of hydrogen-bond acceptors (Lipinski definition) is 6. The molecule has 0 amide bonds. The summed E-state index contributed by atoms with van der Waals surface area (Å²) in [6, 6.07) is 5.66. The molecule has 0 spiro atoms. The summed E-state index contributed by atoms with van der Waals surface area (Å²) in [4.78, 5) is 14.1. The Balaban J connectivity index is 1.66. The molecule has 0 aromatic heterocycles. The summed E-state index contributed by atoms with van der Waals surface area (Å²) < 4.78 is 10.8. The first-order valence-electron chi connectivity index (χ1n) is 10.1. The van der Waals surface area contributed by atoms with Gasteiger partial charge >= 0.3 is 5.97 Å². The van der Waals surface area contributed by atoms with Crippen LogP contribution in [0.4, 0.5) is 5.69 Å². The fourth-order valence-electron chi connectivity index (χ4n) is 4.87. The lowest BCUT2D eigenvalue weighted by molar-refractivity contribution is -0.139. The van der Waals surface area contributed by atoms with Gasteiger partial charge in [-0.1, -0.05) is 12.7 Å². The van der Waals surface area contributed by atoms with Gasteiger partial charge in [0, 0.05) is 29.9 Å². The molecule has 0 aliphatic carbocycles. The van der Waals surface area contributed by atoms with E-state index in [0.29, 0.717) is 17.6 Å². The molecule has 0 radical (unpaired) electrons. The molecule has 4 aliphatic heterocycles. The topological polar surface area (TPSA) is 71.0 Å². The van der Waals surface area contributed by atoms with Crippen LogP contribution in [0.1, 0.15) is 18.4 Å². The number of esters is 1. The van der Waals surface area contributed by atoms with Crippen molar-refractivity contribution in [2.45, 2.75) is 31.2 Å². The van der Waals surface area contributed by atoms with Crippen molar-refractivity contribution in [3.8, 4) is 5.75 Å². The maximum atomic E-state index is 11.7. The number of piperidine rings is 3. The number of fused-ring (bicyclic) bond motifs is 4. The number of aliphatic hydroxyl groups is 1. The number of ether oxygens (including phenoxy) is 2. The van der Waals surface area contributed by atoms with Crippen LogP contribution in [0.15, 0.2) is 49.6 Å². The van der Waals surface area contributed by atoms with Crippen LogP contribution in [0, 0.1) is 11.8 Å². The third kappa shape index (κ3) is 3.70. The standard InChI is InChI=1S/C23H28N2O4/c1-4-14-13-25-9-8-15(14)10-20(25)23(27)18-12-21(29-22(26)5-2)24-19-7-6-16(28-3)11-17(18)19/h4-7,11-12,14-15,20-21,23-24,27H,1-2,8-10,13H2,3H3/t14-,15-,20+,21?,23-/m0/s1. The van der Waals surface area contributed by atoms with Crippen LogP contribution in [-0.4, -0.2) is 54.5 Å². The van der Waals surface area contributed by atoms with Gasteiger partial charge in [-0.05, 0) is 61.1 Å². The van der Waals surface area contributed by atoms with Crippen molar-refractivity contribution in [1.29, 1.82) is 0 Å². The smallest absolute Gasteiger partial charge is 0.332 e. The van der Waals surface area contributed by atoms with E-state index in [1.54, 1.807) is 13.2 Å². The zero-order chi connectivity index (χ0) is 20.5. The zero-order valence-electron chi connectivity index (χ0n) is 16.7. The number of carbonyl (C=O) groups is 1. The molecule has 6 atom stereocenters. The monoisotopic (exact) mass is 396 g/mol. The number of rotatable bonds is 6. The highest BCUT2D eigenvalue weighted by Crippen LogP contribution is 2.42. The van der Waals surface area contributed by atoms with Gasteiger partial charge in [-0.25, -0.2) is 4.79 Å². The number of hydrogen-bond donors (Lipinski definition) is 2. The fourth-order valence-corrected chi connectivity index (χ4v) is 4.87. The molecule has 1 aromatic rings. The van der Waals surface area contributed by atoms with Crippen molar-refractivity contribution in [2.75, 3.05) is 25.5 Å². The van der Waals surface area contributed by atoms with E-state index in [1.165, 1.54) is 0 Å². The number of aliphatic hydroxyl groups excluding tert-OH is 1. The molecule has 3 saturated heterocycles. The number of methoxy groups -OCH3 is 1. The van der Waals surface area contributed by atoms with E-state index in [-0.39, 0.29) is 6.04 Å². The van der Waals surface area contributed by atoms with E-state index < -0.39 is 18.3 Å². The molecule has 6 heteroatoms. The Hall–Kier alpha value is -2.57. The maximum absolute atomic E-state index is 11.7. The summed E-state index contributed by atoms with van der Waals surface area (Å²) in [5.74, 6) is 1.24. The van der Waals surface area contributed by atoms with Crippen LogP contribution in [-0.2, 0) is 9.53 Å². The normalized spacial score (nSPS) is 31.0. The van der Waals surface area contributed by atoms with Gasteiger partial charge in [-0.15, -0.1) is 6.58 Å². The molecule has 0 saturated carbocycles. The maximum Gasteiger partial charge on any atom is 0.332 e. The van der Waals surface area contributed by atoms with Crippen molar-refractivity contribution in [1.82, 2.24) is 4.90 Å². The summed E-state index contributed by atoms with van der Waals surface area (Å²) in [7, 11) is 1.62. The van der Waals surface area contributed by atoms with Gasteiger partial charge in [0.05, 0.1) is 13.2 Å². The highest BCUT2D eigenvalue weighted by molar-refractivity contribution is 5.85. The predicted molar refractivity (Wildman–Crippen MR) is 112 cm³/mol. The van der Waals surface area contributed by atoms with Crippen molar-refractivity contribution >= 4 is 17.2 Å². The minimum Gasteiger partial charge on any atom is -0.497 e. The molecular weight excluding hydrogens is 368 g/mol. The molecule has 2 bridgehead atoms. The fraction of sp³-hybridized carbons (Fsp3) is 0.435. The lowest BCUT2D eigenvalue weighted by Crippen LogP contribution is -2.57. The van der Waals surface area contributed by atoms with Crippen molar-refractivity contribution in [3.63, 3.8) is 0 Å². The van der Waals surface area contributed by atoms with Gasteiger partial charge in [0.15, 0.2) is 6.23 Å². The Morgan fingerprint density at radius 2 is 2.24 bits per heavy atom. The molecule has 4 heterocycles. The molecule has 3 fully saturated rings. The highest BCUT2D eigenvalue weighted by atomic mass is 16.6. The van der Waals surface area contributed by atoms with E-state index in [0.717, 1.165) is 48.8 Å². The summed E-state index contributed by atoms with van der Waals surface area (Å²) >= 11 is 0. The minimum atomic E-state index is -0.693. The minimum absolute atomic E-state index is 0.0316. The molecule has 6 nitrogen and oxygen atoms in total. The molecule has 154 valence electrons. The molecule has 4 aliphatic rings. The molecule has 29 heavy (non-hydrogen) atoms. The molecule has 1 aromatic carbocycles. The lowest BCUT2D eigenvalue weighted by Gasteiger charge is -2.51. The quantitative estimate of drug-likeness (QED) is 0.438. The van der Waals surface area contributed by atoms with Crippen LogP contribution >= 0.6 is 0 Å². The van der Waals surface area contributed by atoms with Gasteiger partial charge < -0.3 is 19.9 Å². The van der Waals surface area contributed by atoms with Crippen LogP contribution in [0.5, 0.6) is 5.75 Å². The Kier molecular flexibility index (Phi) is 5.48. The van der Waals surface area contributed by atoms with Crippen LogP contribution in [0.2, 0.25) is 0 Å². The molecule has 2 N–H and O–H groups in total. The van der Waals surface area contributed by atoms with Gasteiger partial charge in [0.1, 0.15) is 5.75 Å². The average molecular weight is 396 g/mol. The Morgan fingerprint density at radius 3 is 2.90 bits per heavy atom. The summed E-state index contributed by atoms with van der Waals surface area (Å²) in [6.07, 6.45) is 5.69. The van der Waals surface area contributed by atoms with E-state index in [1.807, 2.05) is 24.3 Å². The first-order valence-corrected chi connectivity index (χ1v) is 10.1. The largest absolute Gasteiger partial charge is 0.497 e. The molecule has 2 unspecified atom stereocenters. The van der Waals surface area contributed by atoms with Gasteiger partial charge in [-0.3, -0.25) is 4.90 Å². The van der Waals surface area contributed by atoms with Crippen molar-refractivity contribution in [3.05, 3.63) is 55.1 Å². The van der Waals surface area contributed by atoms with Crippen molar-refractivity contribution in [2.24, 2.45) is 11.8 Å². The van der Waals surface area contributed by atoms with E-state index in [4.69, 9.17) is 9.47 Å². The molecule has 5 rings (SSSR count). The number of nitrogens with one attached hydrogen (secondary N) is 1. The number of benzene rings is 1. The molecular formula is C23H28N2O4. The van der Waals surface area contributed by atoms with Gasteiger partial charge in [0.25, 0.3) is 0 Å². The average Bonchev–Trinajstić information content (AvgIpc) is 2.77. The second kappa shape index (κ2) is 8.05. The van der Waals surface area contributed by atoms with Crippen LogP contribution < -0.4 is 10.1 Å². The Bertz CT molecular complexity index is 849. The number of carbonyl (C=O) groups excluding carboxylic acids is 1. The van der Waals surface area contributed by atoms with Gasteiger partial charge in [-0.2, -0.15) is 0 Å². The highest BCUT2D eigenvalue weighted by Gasteiger charge is 2.43. The third-order valence-electron chi connectivity index (χ3n) is 6.41. The summed E-state index contributed by atoms with van der Waals surface area (Å²) in [6.45, 7) is 9.36. The summed E-state index contributed by atoms with van der Waals surface area (Å²) in [5, 5.41) is 14.6. The second-order valence-electron chi connectivity index (χ2n) is 7.93. The predicted octanol–water partition coefficient (Wildman–Crippen LogP) is 2.82. The van der Waals surface area contributed by atoms with Crippen LogP contribution in [0.25, 0.3) is 5.57 Å². The number of anilines is 1. The van der Waals surface area contributed by atoms with E-state index >= 15 is 0 Å². The number of nitrogens with zero attached hydrogens (tertiary/aromatic N) is 1. The Labute approximate surface area is 171 Å². The lowest BCUT2D eigenvalue weighted by atomic mass is 9.73. The van der Waals surface area contributed by atoms with Gasteiger partial charge in [0.2, 0.25) is 0 Å². The van der Waals surface area contributed by atoms with Crippen molar-refractivity contribution < 1.29 is 19.4 Å². The van der Waals surface area contributed by atoms with Crippen LogP contribution in [0.3, 0.4) is 0 Å². The SMILES string of the molecule is C=CC(=O)OC1C=C([C@H](O)[C@H]2C[C@@H]3CCN2C[C@@H]3C=C)c2cc(OC)ccc2N1. The third-order valence-corrected chi connectivity index (χ3v) is 6.41. The van der Waals surface area contributed by atoms with E-state index in [9.17, 15) is 9.90 Å². The zero-order valence-corrected chi connectivity index (χ0v) is 16.7. The first-order chi connectivity index (χ1) is 14.0. The van der Waals surface area contributed by atoms with E-state index in [2.05, 4.69) is 23.4 Å². The first kappa shape index (κ1) is 19.7. The second-order valence-corrected chi connectivity index (χ2v) is 7.93. The summed E-state index contributed by atoms with van der Waals surface area (Å²) in [5.41, 5.74) is 2.42. The Morgan fingerprint density at radius 1 is 1.41 bits per heavy atom.